The van der Waals surface area contributed by atoms with E-state index in [0.29, 0.717) is 6.42 Å². The molecule has 0 spiro atoms. The Hall–Kier alpha value is -2.56. The highest BCUT2D eigenvalue weighted by atomic mass is 32.2. The van der Waals surface area contributed by atoms with Gasteiger partial charge in [0.1, 0.15) is 12.0 Å². The summed E-state index contributed by atoms with van der Waals surface area (Å²) in [5, 5.41) is 7.00. The van der Waals surface area contributed by atoms with Gasteiger partial charge in [-0.25, -0.2) is 0 Å². The molecule has 0 saturated carbocycles. The van der Waals surface area contributed by atoms with Crippen LogP contribution in [0.25, 0.3) is 0 Å². The predicted octanol–water partition coefficient (Wildman–Crippen LogP) is 4.92. The van der Waals surface area contributed by atoms with Gasteiger partial charge in [0.25, 0.3) is 0 Å². The van der Waals surface area contributed by atoms with E-state index in [9.17, 15) is 4.79 Å². The highest BCUT2D eigenvalue weighted by Gasteiger charge is 2.36. The molecule has 3 nitrogen and oxygen atoms in total. The summed E-state index contributed by atoms with van der Waals surface area (Å²) in [6.45, 7) is 0. The van der Waals surface area contributed by atoms with Crippen molar-refractivity contribution in [1.29, 1.82) is 0 Å². The summed E-state index contributed by atoms with van der Waals surface area (Å²) >= 11 is 1.79. The molecule has 0 aliphatic carbocycles. The molecule has 0 aliphatic rings. The third-order valence-corrected chi connectivity index (χ3v) is 5.99. The minimum absolute atomic E-state index is 0.377. The lowest BCUT2D eigenvalue weighted by atomic mass is 9.84. The SMILES string of the molecule is CO.COc1ccc(C(SCCC=O)(c2ccccc2)c2ccccc2)cc1. The van der Waals surface area contributed by atoms with Gasteiger partial charge in [0.15, 0.2) is 0 Å². The van der Waals surface area contributed by atoms with Gasteiger partial charge in [0.2, 0.25) is 0 Å². The fourth-order valence-corrected chi connectivity index (χ4v) is 4.61. The summed E-state index contributed by atoms with van der Waals surface area (Å²) in [4.78, 5) is 11.0. The van der Waals surface area contributed by atoms with Crippen LogP contribution in [0.1, 0.15) is 23.1 Å². The first kappa shape index (κ1) is 21.7. The van der Waals surface area contributed by atoms with Gasteiger partial charge < -0.3 is 14.6 Å². The summed E-state index contributed by atoms with van der Waals surface area (Å²) < 4.78 is 4.96. The Balaban J connectivity index is 0.00000136. The third-order valence-electron chi connectivity index (χ3n) is 4.41. The van der Waals surface area contributed by atoms with Gasteiger partial charge in [-0.05, 0) is 28.8 Å². The van der Waals surface area contributed by atoms with Crippen molar-refractivity contribution in [1.82, 2.24) is 0 Å². The molecule has 0 atom stereocenters. The summed E-state index contributed by atoms with van der Waals surface area (Å²) in [5.74, 6) is 1.58. The number of aliphatic hydroxyl groups is 1. The molecule has 0 saturated heterocycles. The van der Waals surface area contributed by atoms with Crippen molar-refractivity contribution in [2.75, 3.05) is 20.0 Å². The van der Waals surface area contributed by atoms with Crippen molar-refractivity contribution in [3.63, 3.8) is 0 Å². The van der Waals surface area contributed by atoms with Gasteiger partial charge in [-0.1, -0.05) is 72.8 Å². The third kappa shape index (κ3) is 4.83. The van der Waals surface area contributed by atoms with Crippen molar-refractivity contribution < 1.29 is 14.6 Å². The second-order valence-corrected chi connectivity index (χ2v) is 7.25. The van der Waals surface area contributed by atoms with E-state index in [1.165, 1.54) is 16.7 Å². The van der Waals surface area contributed by atoms with E-state index in [0.717, 1.165) is 24.9 Å². The van der Waals surface area contributed by atoms with E-state index >= 15 is 0 Å². The molecule has 0 aliphatic heterocycles. The van der Waals surface area contributed by atoms with Crippen LogP contribution >= 0.6 is 11.8 Å². The van der Waals surface area contributed by atoms with E-state index in [-0.39, 0.29) is 4.75 Å². The van der Waals surface area contributed by atoms with Gasteiger partial charge in [-0.2, -0.15) is 0 Å². The number of ether oxygens (including phenoxy) is 1. The van der Waals surface area contributed by atoms with Gasteiger partial charge in [0.05, 0.1) is 11.9 Å². The number of carbonyl (C=O) groups excluding carboxylic acids is 1. The molecule has 1 N–H and O–H groups in total. The van der Waals surface area contributed by atoms with E-state index in [2.05, 4.69) is 60.7 Å². The maximum atomic E-state index is 11.0. The standard InChI is InChI=1S/C23H22O2S.CH4O/c1-25-22-15-13-21(14-16-22)23(26-18-8-17-24,19-9-4-2-5-10-19)20-11-6-3-7-12-20;1-2/h2-7,9-17H,8,18H2,1H3;2H,1H3. The van der Waals surface area contributed by atoms with Crippen LogP contribution in [0.15, 0.2) is 84.9 Å². The molecule has 0 unspecified atom stereocenters. The molecule has 146 valence electrons. The Bertz CT molecular complexity index is 778. The first-order valence-corrected chi connectivity index (χ1v) is 10.1. The monoisotopic (exact) mass is 394 g/mol. The predicted molar refractivity (Wildman–Crippen MR) is 117 cm³/mol. The van der Waals surface area contributed by atoms with Gasteiger partial charge >= 0.3 is 0 Å². The number of aliphatic hydroxyl groups excluding tert-OH is 1. The van der Waals surface area contributed by atoms with Crippen LogP contribution in [0.4, 0.5) is 0 Å². The van der Waals surface area contributed by atoms with Crippen LogP contribution in [0.2, 0.25) is 0 Å². The van der Waals surface area contributed by atoms with Gasteiger partial charge in [-0.3, -0.25) is 0 Å². The number of methoxy groups -OCH3 is 1. The Morgan fingerprint density at radius 1 is 0.821 bits per heavy atom. The summed E-state index contributed by atoms with van der Waals surface area (Å²) in [5.41, 5.74) is 3.58. The van der Waals surface area contributed by atoms with Crippen molar-refractivity contribution in [2.45, 2.75) is 11.2 Å². The van der Waals surface area contributed by atoms with Crippen LogP contribution < -0.4 is 4.74 Å². The second kappa shape index (κ2) is 11.3. The largest absolute Gasteiger partial charge is 0.497 e. The quantitative estimate of drug-likeness (QED) is 0.335. The molecule has 0 heterocycles. The van der Waals surface area contributed by atoms with Gasteiger partial charge in [0, 0.05) is 19.3 Å². The van der Waals surface area contributed by atoms with Crippen molar-refractivity contribution >= 4 is 18.0 Å². The molecular formula is C24H26O3S. The minimum atomic E-state index is -0.377. The molecular weight excluding hydrogens is 368 g/mol. The maximum absolute atomic E-state index is 11.0. The van der Waals surface area contributed by atoms with Gasteiger partial charge in [-0.15, -0.1) is 11.8 Å². The Morgan fingerprint density at radius 2 is 1.29 bits per heavy atom. The number of hydrogen-bond donors (Lipinski definition) is 1. The van der Waals surface area contributed by atoms with E-state index in [1.54, 1.807) is 18.9 Å². The lowest BCUT2D eigenvalue weighted by Crippen LogP contribution is -2.26. The van der Waals surface area contributed by atoms with Crippen LogP contribution in [0, 0.1) is 0 Å². The normalized spacial score (nSPS) is 10.5. The van der Waals surface area contributed by atoms with Crippen molar-refractivity contribution in [2.24, 2.45) is 0 Å². The average molecular weight is 395 g/mol. The number of hydrogen-bond acceptors (Lipinski definition) is 4. The van der Waals surface area contributed by atoms with Crippen LogP contribution in [0.5, 0.6) is 5.75 Å². The lowest BCUT2D eigenvalue weighted by molar-refractivity contribution is -0.107. The van der Waals surface area contributed by atoms with Crippen molar-refractivity contribution in [3.8, 4) is 5.75 Å². The van der Waals surface area contributed by atoms with Crippen molar-refractivity contribution in [3.05, 3.63) is 102 Å². The number of aldehydes is 1. The zero-order valence-electron chi connectivity index (χ0n) is 16.2. The molecule has 0 bridgehead atoms. The summed E-state index contributed by atoms with van der Waals surface area (Å²) in [6.07, 6.45) is 1.52. The molecule has 3 aromatic carbocycles. The number of benzene rings is 3. The Morgan fingerprint density at radius 3 is 1.71 bits per heavy atom. The molecule has 3 aromatic rings. The number of thioether (sulfide) groups is 1. The molecule has 0 fully saturated rings. The molecule has 0 aromatic heterocycles. The van der Waals surface area contributed by atoms with E-state index < -0.39 is 0 Å². The first-order valence-electron chi connectivity index (χ1n) is 9.09. The topological polar surface area (TPSA) is 46.5 Å². The summed E-state index contributed by atoms with van der Waals surface area (Å²) in [7, 11) is 2.68. The first-order chi connectivity index (χ1) is 13.8. The summed E-state index contributed by atoms with van der Waals surface area (Å²) in [6, 6.07) is 29.2. The van der Waals surface area contributed by atoms with Crippen LogP contribution in [-0.2, 0) is 9.54 Å². The molecule has 4 heteroatoms. The fourth-order valence-electron chi connectivity index (χ4n) is 3.18. The fraction of sp³-hybridized carbons (Fsp3) is 0.208. The molecule has 0 amide bonds. The number of rotatable bonds is 8. The van der Waals surface area contributed by atoms with E-state index in [1.807, 2.05) is 24.3 Å². The average Bonchev–Trinajstić information content (AvgIpc) is 2.80. The number of carbonyl (C=O) groups is 1. The lowest BCUT2D eigenvalue weighted by Gasteiger charge is -2.35. The highest BCUT2D eigenvalue weighted by molar-refractivity contribution is 8.00. The van der Waals surface area contributed by atoms with Crippen LogP contribution in [0.3, 0.4) is 0 Å². The zero-order chi connectivity index (χ0) is 20.2. The maximum Gasteiger partial charge on any atom is 0.120 e. The smallest absolute Gasteiger partial charge is 0.120 e. The second-order valence-electron chi connectivity index (χ2n) is 5.95. The minimum Gasteiger partial charge on any atom is -0.497 e. The van der Waals surface area contributed by atoms with Crippen LogP contribution in [-0.4, -0.2) is 31.4 Å². The highest BCUT2D eigenvalue weighted by Crippen LogP contribution is 2.48. The van der Waals surface area contributed by atoms with E-state index in [4.69, 9.17) is 9.84 Å². The molecule has 0 radical (unpaired) electrons. The Kier molecular flexibility index (Phi) is 8.79. The zero-order valence-corrected chi connectivity index (χ0v) is 17.1. The Labute approximate surface area is 171 Å². The molecule has 28 heavy (non-hydrogen) atoms. The molecule has 3 rings (SSSR count).